The highest BCUT2D eigenvalue weighted by molar-refractivity contribution is 6.58. The van der Waals surface area contributed by atoms with Gasteiger partial charge in [0.2, 0.25) is 5.88 Å². The molecule has 0 aliphatic carbocycles. The fraction of sp³-hybridized carbons (Fsp3) is 0.500. The third kappa shape index (κ3) is 3.53. The molecule has 0 aromatic carbocycles. The van der Waals surface area contributed by atoms with Gasteiger partial charge in [-0.15, -0.1) is 0 Å². The van der Waals surface area contributed by atoms with Crippen LogP contribution in [-0.2, 0) is 0 Å². The van der Waals surface area contributed by atoms with Crippen LogP contribution >= 0.6 is 0 Å². The van der Waals surface area contributed by atoms with Crippen LogP contribution in [-0.4, -0.2) is 27.8 Å². The van der Waals surface area contributed by atoms with Crippen LogP contribution in [0.2, 0.25) is 0 Å². The molecule has 0 saturated heterocycles. The molecule has 4 nitrogen and oxygen atoms in total. The van der Waals surface area contributed by atoms with Gasteiger partial charge in [-0.3, -0.25) is 0 Å². The topological polar surface area (TPSA) is 62.6 Å². The lowest BCUT2D eigenvalue weighted by atomic mass is 9.81. The first-order valence-electron chi connectivity index (χ1n) is 4.81. The largest absolute Gasteiger partial charge is 0.490 e. The first kappa shape index (κ1) is 12.0. The number of nitrogens with zero attached hydrogens (tertiary/aromatic N) is 1. The van der Waals surface area contributed by atoms with Crippen LogP contribution < -0.4 is 10.2 Å². The Morgan fingerprint density at radius 1 is 1.33 bits per heavy atom. The molecule has 0 unspecified atom stereocenters. The number of ether oxygens (including phenoxy) is 1. The second kappa shape index (κ2) is 4.20. The molecule has 15 heavy (non-hydrogen) atoms. The molecule has 0 fully saturated rings. The van der Waals surface area contributed by atoms with E-state index >= 15 is 0 Å². The van der Waals surface area contributed by atoms with Gasteiger partial charge >= 0.3 is 7.12 Å². The Hall–Kier alpha value is -1.07. The molecule has 0 aliphatic rings. The third-order valence-electron chi connectivity index (χ3n) is 1.75. The van der Waals surface area contributed by atoms with Crippen molar-refractivity contribution in [2.24, 2.45) is 0 Å². The quantitative estimate of drug-likeness (QED) is 0.685. The minimum absolute atomic E-state index is 0.308. The van der Waals surface area contributed by atoms with E-state index in [4.69, 9.17) is 14.8 Å². The molecule has 82 valence electrons. The van der Waals surface area contributed by atoms with Crippen LogP contribution in [0.3, 0.4) is 0 Å². The van der Waals surface area contributed by atoms with E-state index in [1.807, 2.05) is 27.7 Å². The number of hydrogen-bond acceptors (Lipinski definition) is 4. The Labute approximate surface area is 90.1 Å². The summed E-state index contributed by atoms with van der Waals surface area (Å²) in [6.07, 6.45) is 1.40. The first-order valence-corrected chi connectivity index (χ1v) is 4.81. The lowest BCUT2D eigenvalue weighted by Gasteiger charge is -2.21. The van der Waals surface area contributed by atoms with Crippen LogP contribution in [0.15, 0.2) is 12.3 Å². The van der Waals surface area contributed by atoms with Gasteiger partial charge in [-0.05, 0) is 27.7 Å². The van der Waals surface area contributed by atoms with Crippen molar-refractivity contribution in [2.75, 3.05) is 0 Å². The molecule has 0 spiro atoms. The predicted molar refractivity (Wildman–Crippen MR) is 59.2 cm³/mol. The number of aromatic nitrogens is 1. The summed E-state index contributed by atoms with van der Waals surface area (Å²) in [5.41, 5.74) is 0.848. The summed E-state index contributed by atoms with van der Waals surface area (Å²) >= 11 is 0. The maximum absolute atomic E-state index is 8.95. The zero-order valence-electron chi connectivity index (χ0n) is 9.48. The number of aryl methyl sites for hydroxylation is 1. The Morgan fingerprint density at radius 3 is 2.33 bits per heavy atom. The third-order valence-corrected chi connectivity index (χ3v) is 1.75. The first-order chi connectivity index (χ1) is 6.79. The molecular formula is C10H16BNO3. The lowest BCUT2D eigenvalue weighted by Crippen LogP contribution is -2.31. The molecule has 1 heterocycles. The van der Waals surface area contributed by atoms with Crippen molar-refractivity contribution in [2.45, 2.75) is 33.3 Å². The van der Waals surface area contributed by atoms with Crippen molar-refractivity contribution < 1.29 is 14.8 Å². The molecule has 1 aromatic heterocycles. The summed E-state index contributed by atoms with van der Waals surface area (Å²) in [7, 11) is -1.49. The van der Waals surface area contributed by atoms with Crippen molar-refractivity contribution in [1.29, 1.82) is 0 Å². The van der Waals surface area contributed by atoms with E-state index in [1.54, 1.807) is 6.07 Å². The van der Waals surface area contributed by atoms with E-state index in [0.717, 1.165) is 5.56 Å². The monoisotopic (exact) mass is 209 g/mol. The summed E-state index contributed by atoms with van der Waals surface area (Å²) in [5, 5.41) is 17.9. The molecular weight excluding hydrogens is 193 g/mol. The Balaban J connectivity index is 2.94. The van der Waals surface area contributed by atoms with Gasteiger partial charge in [0.1, 0.15) is 5.60 Å². The number of rotatable bonds is 2. The van der Waals surface area contributed by atoms with Crippen molar-refractivity contribution in [3.63, 3.8) is 0 Å². The molecule has 0 bridgehead atoms. The standard InChI is InChI=1S/C10H16BNO3/c1-7-5-8(11(13)14)6-12-9(7)15-10(2,3)4/h5-6,13-14H,1-4H3. The molecule has 1 aromatic rings. The summed E-state index contributed by atoms with van der Waals surface area (Å²) in [6, 6.07) is 1.65. The summed E-state index contributed by atoms with van der Waals surface area (Å²) in [5.74, 6) is 0.520. The molecule has 1 rings (SSSR count). The fourth-order valence-corrected chi connectivity index (χ4v) is 1.12. The number of pyridine rings is 1. The SMILES string of the molecule is Cc1cc(B(O)O)cnc1OC(C)(C)C. The number of hydrogen-bond donors (Lipinski definition) is 2. The van der Waals surface area contributed by atoms with E-state index in [0.29, 0.717) is 11.3 Å². The summed E-state index contributed by atoms with van der Waals surface area (Å²) < 4.78 is 5.59. The molecule has 0 amide bonds. The van der Waals surface area contributed by atoms with Gasteiger partial charge in [-0.25, -0.2) is 4.98 Å². The van der Waals surface area contributed by atoms with E-state index in [-0.39, 0.29) is 5.60 Å². The van der Waals surface area contributed by atoms with Crippen LogP contribution in [0.1, 0.15) is 26.3 Å². The van der Waals surface area contributed by atoms with Crippen molar-refractivity contribution in [3.05, 3.63) is 17.8 Å². The average Bonchev–Trinajstić information content (AvgIpc) is 2.05. The maximum Gasteiger partial charge on any atom is 0.490 e. The minimum atomic E-state index is -1.49. The highest BCUT2D eigenvalue weighted by Crippen LogP contribution is 2.18. The Morgan fingerprint density at radius 2 is 1.93 bits per heavy atom. The summed E-state index contributed by atoms with van der Waals surface area (Å²) in [4.78, 5) is 4.04. The molecule has 5 heteroatoms. The minimum Gasteiger partial charge on any atom is -0.472 e. The zero-order chi connectivity index (χ0) is 11.6. The molecule has 0 radical (unpaired) electrons. The lowest BCUT2D eigenvalue weighted by molar-refractivity contribution is 0.123. The van der Waals surface area contributed by atoms with Crippen LogP contribution in [0, 0.1) is 6.92 Å². The fourth-order valence-electron chi connectivity index (χ4n) is 1.12. The van der Waals surface area contributed by atoms with Gasteiger partial charge in [-0.2, -0.15) is 0 Å². The van der Waals surface area contributed by atoms with E-state index in [2.05, 4.69) is 4.98 Å². The highest BCUT2D eigenvalue weighted by atomic mass is 16.5. The summed E-state index contributed by atoms with van der Waals surface area (Å²) in [6.45, 7) is 7.62. The Kier molecular flexibility index (Phi) is 3.37. The normalized spacial score (nSPS) is 11.3. The average molecular weight is 209 g/mol. The van der Waals surface area contributed by atoms with E-state index < -0.39 is 7.12 Å². The highest BCUT2D eigenvalue weighted by Gasteiger charge is 2.17. The van der Waals surface area contributed by atoms with Crippen LogP contribution in [0.4, 0.5) is 0 Å². The molecule has 2 N–H and O–H groups in total. The van der Waals surface area contributed by atoms with Crippen molar-refractivity contribution >= 4 is 12.6 Å². The van der Waals surface area contributed by atoms with Gasteiger partial charge in [0.15, 0.2) is 0 Å². The van der Waals surface area contributed by atoms with Crippen LogP contribution in [0.25, 0.3) is 0 Å². The maximum atomic E-state index is 8.95. The molecule has 0 atom stereocenters. The van der Waals surface area contributed by atoms with Crippen molar-refractivity contribution in [1.82, 2.24) is 4.98 Å². The Bertz CT molecular complexity index is 347. The van der Waals surface area contributed by atoms with Crippen molar-refractivity contribution in [3.8, 4) is 5.88 Å². The molecule has 0 aliphatic heterocycles. The second-order valence-electron chi connectivity index (χ2n) is 4.48. The van der Waals surface area contributed by atoms with Gasteiger partial charge in [0.25, 0.3) is 0 Å². The van der Waals surface area contributed by atoms with Gasteiger partial charge < -0.3 is 14.8 Å². The predicted octanol–water partition coefficient (Wildman–Crippen LogP) is 0.247. The zero-order valence-corrected chi connectivity index (χ0v) is 9.48. The van der Waals surface area contributed by atoms with Crippen LogP contribution in [0.5, 0.6) is 5.88 Å². The van der Waals surface area contributed by atoms with E-state index in [9.17, 15) is 0 Å². The molecule has 0 saturated carbocycles. The second-order valence-corrected chi connectivity index (χ2v) is 4.48. The van der Waals surface area contributed by atoms with Gasteiger partial charge in [0.05, 0.1) is 0 Å². The van der Waals surface area contributed by atoms with Gasteiger partial charge in [0, 0.05) is 17.2 Å². The smallest absolute Gasteiger partial charge is 0.472 e. The van der Waals surface area contributed by atoms with Gasteiger partial charge in [-0.1, -0.05) is 6.07 Å². The van der Waals surface area contributed by atoms with E-state index in [1.165, 1.54) is 6.20 Å².